The van der Waals surface area contributed by atoms with Crippen LogP contribution in [-0.4, -0.2) is 112 Å². The van der Waals surface area contributed by atoms with Gasteiger partial charge in [-0.15, -0.1) is 0 Å². The van der Waals surface area contributed by atoms with Crippen LogP contribution in [0.4, 0.5) is 22.9 Å². The number of halogens is 1. The van der Waals surface area contributed by atoms with Gasteiger partial charge >= 0.3 is 0 Å². The number of hydrogen-bond donors (Lipinski definition) is 2. The second-order valence-corrected chi connectivity index (χ2v) is 19.7. The highest BCUT2D eigenvalue weighted by Gasteiger charge is 2.28. The molecule has 2 aliphatic rings. The minimum Gasteiger partial charge on any atom is -0.379 e. The van der Waals surface area contributed by atoms with Crippen molar-refractivity contribution in [3.63, 3.8) is 0 Å². The molecule has 2 aliphatic heterocycles. The van der Waals surface area contributed by atoms with E-state index in [1.165, 1.54) is 41.7 Å². The largest absolute Gasteiger partial charge is 0.379 e. The Kier molecular flexibility index (Phi) is 13.5. The van der Waals surface area contributed by atoms with E-state index in [1.54, 1.807) is 24.3 Å². The number of morpholine rings is 1. The van der Waals surface area contributed by atoms with Gasteiger partial charge in [0.2, 0.25) is 0 Å². The van der Waals surface area contributed by atoms with E-state index in [0.29, 0.717) is 55.2 Å². The highest BCUT2D eigenvalue weighted by atomic mass is 35.5. The highest BCUT2D eigenvalue weighted by molar-refractivity contribution is 7.92. The van der Waals surface area contributed by atoms with Crippen LogP contribution < -0.4 is 14.9 Å². The second kappa shape index (κ2) is 19.4. The molecule has 3 heterocycles. The van der Waals surface area contributed by atoms with Crippen molar-refractivity contribution in [2.45, 2.75) is 28.8 Å². The van der Waals surface area contributed by atoms with E-state index in [0.717, 1.165) is 50.0 Å². The maximum Gasteiger partial charge on any atom is 0.293 e. The molecular weight excluding hydrogens is 864 g/mol. The number of nitro groups is 1. The average molecular weight is 912 g/mol. The van der Waals surface area contributed by atoms with E-state index >= 15 is 0 Å². The Morgan fingerprint density at radius 1 is 0.778 bits per heavy atom. The van der Waals surface area contributed by atoms with E-state index in [-0.39, 0.29) is 27.0 Å². The van der Waals surface area contributed by atoms with Gasteiger partial charge in [-0.25, -0.2) is 26.8 Å². The molecule has 1 atom stereocenters. The van der Waals surface area contributed by atoms with Crippen molar-refractivity contribution in [1.29, 1.82) is 0 Å². The molecule has 0 saturated carbocycles. The molecule has 6 aromatic rings. The molecule has 0 unspecified atom stereocenters. The molecule has 328 valence electrons. The zero-order chi connectivity index (χ0) is 44.0. The van der Waals surface area contributed by atoms with Crippen molar-refractivity contribution in [2.24, 2.45) is 0 Å². The van der Waals surface area contributed by atoms with Crippen LogP contribution in [0.3, 0.4) is 0 Å². The molecule has 63 heavy (non-hydrogen) atoms. The molecule has 0 amide bonds. The Morgan fingerprint density at radius 2 is 1.51 bits per heavy atom. The van der Waals surface area contributed by atoms with Crippen LogP contribution in [-0.2, 0) is 31.1 Å². The zero-order valence-corrected chi connectivity index (χ0v) is 36.7. The molecule has 8 rings (SSSR count). The predicted octanol–water partition coefficient (Wildman–Crippen LogP) is 6.96. The lowest BCUT2D eigenvalue weighted by atomic mass is 9.99. The third kappa shape index (κ3) is 10.7. The van der Waals surface area contributed by atoms with Gasteiger partial charge < -0.3 is 15.0 Å². The fourth-order valence-corrected chi connectivity index (χ4v) is 10.7. The van der Waals surface area contributed by atoms with Crippen LogP contribution >= 0.6 is 11.6 Å². The molecule has 5 aromatic carbocycles. The number of sulfonamides is 1. The summed E-state index contributed by atoms with van der Waals surface area (Å²) in [6.45, 7) is 7.05. The number of rotatable bonds is 16. The Balaban J connectivity index is 0.953. The number of piperazine rings is 1. The van der Waals surface area contributed by atoms with Crippen LogP contribution in [0.5, 0.6) is 0 Å². The normalized spacial score (nSPS) is 15.9. The lowest BCUT2D eigenvalue weighted by Crippen LogP contribution is -2.46. The van der Waals surface area contributed by atoms with Gasteiger partial charge in [0.1, 0.15) is 12.0 Å². The van der Waals surface area contributed by atoms with Crippen molar-refractivity contribution in [3.05, 3.63) is 142 Å². The van der Waals surface area contributed by atoms with Crippen LogP contribution in [0.2, 0.25) is 5.02 Å². The molecule has 18 heteroatoms. The van der Waals surface area contributed by atoms with Gasteiger partial charge in [0, 0.05) is 80.6 Å². The van der Waals surface area contributed by atoms with Crippen LogP contribution in [0.15, 0.2) is 131 Å². The second-order valence-electron chi connectivity index (χ2n) is 15.6. The van der Waals surface area contributed by atoms with Gasteiger partial charge in [0.25, 0.3) is 15.7 Å². The van der Waals surface area contributed by atoms with Gasteiger partial charge in [-0.3, -0.25) is 24.6 Å². The molecule has 2 fully saturated rings. The summed E-state index contributed by atoms with van der Waals surface area (Å²) in [6.07, 6.45) is 1.63. The van der Waals surface area contributed by atoms with Crippen molar-refractivity contribution in [3.8, 4) is 11.1 Å². The van der Waals surface area contributed by atoms with Gasteiger partial charge in [-0.2, -0.15) is 0 Å². The molecule has 1 aromatic heterocycles. The maximum absolute atomic E-state index is 13.8. The lowest BCUT2D eigenvalue weighted by Gasteiger charge is -2.36. The van der Waals surface area contributed by atoms with E-state index in [1.807, 2.05) is 42.5 Å². The number of benzene rings is 5. The highest BCUT2D eigenvalue weighted by Crippen LogP contribution is 2.33. The average Bonchev–Trinajstić information content (AvgIpc) is 3.29. The Bertz CT molecular complexity index is 2790. The molecule has 15 nitrogen and oxygen atoms in total. The minimum atomic E-state index is -4.39. The quantitative estimate of drug-likeness (QED) is 0.0753. The van der Waals surface area contributed by atoms with Crippen LogP contribution in [0, 0.1) is 10.1 Å². The number of nitrogens with zero attached hydrogens (tertiary/aromatic N) is 6. The van der Waals surface area contributed by atoms with Crippen molar-refractivity contribution < 1.29 is 26.5 Å². The van der Waals surface area contributed by atoms with Crippen LogP contribution in [0.1, 0.15) is 12.0 Å². The Hall–Kier alpha value is -5.69. The van der Waals surface area contributed by atoms with Gasteiger partial charge in [-0.1, -0.05) is 66.2 Å². The summed E-state index contributed by atoms with van der Waals surface area (Å²) in [5, 5.41) is 16.7. The fourth-order valence-electron chi connectivity index (χ4n) is 8.00. The summed E-state index contributed by atoms with van der Waals surface area (Å²) in [7, 11) is -8.17. The van der Waals surface area contributed by atoms with Crippen molar-refractivity contribution >= 4 is 65.2 Å². The number of fused-ring (bicyclic) bond motifs is 1. The van der Waals surface area contributed by atoms with Gasteiger partial charge in [0.05, 0.1) is 39.2 Å². The number of sulfone groups is 1. The molecule has 0 aliphatic carbocycles. The SMILES string of the molecule is O=[N+]([O-])c1cc(S(=O)(=O)Nc2ncnc3cc(N4CCN(Cc5ccccc5-c5ccc(Cl)cc5)CC4)ccc23)ccc1N[C@H](CCN1CCOCC1)CS(=O)(=O)c1ccccc1. The van der Waals surface area contributed by atoms with Gasteiger partial charge in [0.15, 0.2) is 15.7 Å². The topological polar surface area (TPSA) is 180 Å². The zero-order valence-electron chi connectivity index (χ0n) is 34.3. The standard InChI is InChI=1S/C45H47ClN8O7S2/c46-35-12-10-33(11-13-35)40-9-5-4-6-34(40)30-52-20-22-53(23-21-52)37-14-16-41-43(28-37)47-32-48-45(41)50-63(59,60)39-15-17-42(44(29-39)54(55)56)49-36(18-19-51-24-26-61-27-25-51)31-62(57,58)38-7-2-1-3-8-38/h1-17,28-29,32,36,49H,18-27,30-31H2,(H,47,48,50)/t36-/m1/s1. The minimum absolute atomic E-state index is 0.00204. The van der Waals surface area contributed by atoms with E-state index in [4.69, 9.17) is 16.3 Å². The smallest absolute Gasteiger partial charge is 0.293 e. The number of ether oxygens (including phenoxy) is 1. The van der Waals surface area contributed by atoms with E-state index in [9.17, 15) is 26.9 Å². The first-order valence-electron chi connectivity index (χ1n) is 20.6. The van der Waals surface area contributed by atoms with Crippen molar-refractivity contribution in [1.82, 2.24) is 19.8 Å². The molecule has 2 N–H and O–H groups in total. The number of nitrogens with one attached hydrogen (secondary N) is 2. The predicted molar refractivity (Wildman–Crippen MR) is 246 cm³/mol. The first kappa shape index (κ1) is 43.9. The van der Waals surface area contributed by atoms with Crippen molar-refractivity contribution in [2.75, 3.05) is 79.7 Å². The van der Waals surface area contributed by atoms with Gasteiger partial charge in [-0.05, 0) is 77.7 Å². The maximum atomic E-state index is 13.8. The fraction of sp³-hybridized carbons (Fsp3) is 0.289. The summed E-state index contributed by atoms with van der Waals surface area (Å²) in [6, 6.07) is 32.7. The Morgan fingerprint density at radius 3 is 2.25 bits per heavy atom. The van der Waals surface area contributed by atoms with Crippen LogP contribution in [0.25, 0.3) is 22.0 Å². The molecular formula is C45H47ClN8O7S2. The first-order chi connectivity index (χ1) is 30.4. The lowest BCUT2D eigenvalue weighted by molar-refractivity contribution is -0.384. The number of nitro benzene ring substituents is 1. The summed E-state index contributed by atoms with van der Waals surface area (Å²) in [5.74, 6) is -0.311. The molecule has 0 radical (unpaired) electrons. The molecule has 2 saturated heterocycles. The summed E-state index contributed by atoms with van der Waals surface area (Å²) >= 11 is 6.14. The van der Waals surface area contributed by atoms with E-state index in [2.05, 4.69) is 52.9 Å². The summed E-state index contributed by atoms with van der Waals surface area (Å²) in [4.78, 5) is 27.1. The summed E-state index contributed by atoms with van der Waals surface area (Å²) in [5.41, 5.74) is 4.48. The third-order valence-electron chi connectivity index (χ3n) is 11.4. The Labute approximate surface area is 371 Å². The number of hydrogen-bond acceptors (Lipinski definition) is 13. The third-order valence-corrected chi connectivity index (χ3v) is 14.8. The van der Waals surface area contributed by atoms with E-state index < -0.39 is 36.5 Å². The summed E-state index contributed by atoms with van der Waals surface area (Å²) < 4.78 is 62.6. The number of anilines is 3. The number of aromatic nitrogens is 2. The monoisotopic (exact) mass is 910 g/mol. The molecule has 0 spiro atoms. The molecule has 0 bridgehead atoms. The first-order valence-corrected chi connectivity index (χ1v) is 24.1.